The molecular weight excluding hydrogens is 272 g/mol. The summed E-state index contributed by atoms with van der Waals surface area (Å²) in [5.74, 6) is 1.50. The fraction of sp³-hybridized carbons (Fsp3) is 0.615. The molecule has 3 N–H and O–H groups in total. The molecule has 2 aromatic heterocycles. The van der Waals surface area contributed by atoms with Crippen molar-refractivity contribution in [2.45, 2.75) is 25.9 Å². The van der Waals surface area contributed by atoms with Gasteiger partial charge in [-0.2, -0.15) is 5.10 Å². The van der Waals surface area contributed by atoms with Gasteiger partial charge in [0.25, 0.3) is 0 Å². The summed E-state index contributed by atoms with van der Waals surface area (Å²) in [6, 6.07) is 1.84. The number of hydrogen-bond acceptors (Lipinski definition) is 6. The van der Waals surface area contributed by atoms with Crippen molar-refractivity contribution in [2.75, 3.05) is 31.1 Å². The van der Waals surface area contributed by atoms with Gasteiger partial charge in [0, 0.05) is 25.7 Å². The highest BCUT2D eigenvalue weighted by Crippen LogP contribution is 2.20. The molecule has 3 rings (SSSR count). The Hall–Kier alpha value is -1.93. The Kier molecular flexibility index (Phi) is 3.89. The van der Waals surface area contributed by atoms with Crippen molar-refractivity contribution in [3.8, 4) is 0 Å². The van der Waals surface area contributed by atoms with Crippen molar-refractivity contribution < 1.29 is 4.74 Å². The highest BCUT2D eigenvalue weighted by Gasteiger charge is 2.21. The molecule has 2 aromatic rings. The SMILES string of the molecule is Cc1nc(N2CCC(OCCN)CC2)cc2n[nH]c(=O)n12. The molecule has 1 fully saturated rings. The summed E-state index contributed by atoms with van der Waals surface area (Å²) < 4.78 is 7.15. The van der Waals surface area contributed by atoms with Crippen LogP contribution in [0.3, 0.4) is 0 Å². The standard InChI is InChI=1S/C13H20N6O2/c1-9-15-11(8-12-16-17-13(20)19(9)12)18-5-2-10(3-6-18)21-7-4-14/h8,10H,2-7,14H2,1H3,(H,17,20). The van der Waals surface area contributed by atoms with E-state index in [1.807, 2.05) is 13.0 Å². The number of aryl methyl sites for hydroxylation is 1. The van der Waals surface area contributed by atoms with Crippen LogP contribution >= 0.6 is 0 Å². The quantitative estimate of drug-likeness (QED) is 0.800. The number of nitrogens with one attached hydrogen (secondary N) is 1. The summed E-state index contributed by atoms with van der Waals surface area (Å²) in [5, 5.41) is 6.46. The zero-order valence-electron chi connectivity index (χ0n) is 12.1. The molecule has 0 spiro atoms. The molecule has 1 aliphatic rings. The number of anilines is 1. The Morgan fingerprint density at radius 3 is 2.95 bits per heavy atom. The van der Waals surface area contributed by atoms with Gasteiger partial charge in [0.15, 0.2) is 5.65 Å². The first-order valence-electron chi connectivity index (χ1n) is 7.20. The fourth-order valence-corrected chi connectivity index (χ4v) is 2.73. The summed E-state index contributed by atoms with van der Waals surface area (Å²) in [5.41, 5.74) is 5.80. The number of nitrogens with zero attached hydrogens (tertiary/aromatic N) is 4. The van der Waals surface area contributed by atoms with E-state index in [2.05, 4.69) is 20.1 Å². The summed E-state index contributed by atoms with van der Waals surface area (Å²) in [6.45, 7) is 4.75. The van der Waals surface area contributed by atoms with E-state index in [0.717, 1.165) is 31.7 Å². The van der Waals surface area contributed by atoms with E-state index in [1.165, 1.54) is 4.40 Å². The first kappa shape index (κ1) is 14.0. The third kappa shape index (κ3) is 2.77. The number of nitrogens with two attached hydrogens (primary N) is 1. The molecule has 8 heteroatoms. The molecule has 0 amide bonds. The van der Waals surface area contributed by atoms with E-state index in [-0.39, 0.29) is 11.8 Å². The summed E-state index contributed by atoms with van der Waals surface area (Å²) in [6.07, 6.45) is 2.20. The van der Waals surface area contributed by atoms with E-state index < -0.39 is 0 Å². The zero-order valence-corrected chi connectivity index (χ0v) is 12.1. The highest BCUT2D eigenvalue weighted by atomic mass is 16.5. The van der Waals surface area contributed by atoms with Crippen LogP contribution in [0.4, 0.5) is 5.82 Å². The number of piperidine rings is 1. The van der Waals surface area contributed by atoms with Gasteiger partial charge in [-0.15, -0.1) is 0 Å². The van der Waals surface area contributed by atoms with Gasteiger partial charge in [0.05, 0.1) is 12.7 Å². The Morgan fingerprint density at radius 1 is 1.48 bits per heavy atom. The molecule has 0 bridgehead atoms. The van der Waals surface area contributed by atoms with Crippen molar-refractivity contribution in [3.63, 3.8) is 0 Å². The number of rotatable bonds is 4. The van der Waals surface area contributed by atoms with Gasteiger partial charge < -0.3 is 15.4 Å². The first-order chi connectivity index (χ1) is 10.2. The second kappa shape index (κ2) is 5.82. The third-order valence-electron chi connectivity index (χ3n) is 3.79. The van der Waals surface area contributed by atoms with Crippen molar-refractivity contribution in [2.24, 2.45) is 5.73 Å². The van der Waals surface area contributed by atoms with Crippen LogP contribution < -0.4 is 16.3 Å². The Morgan fingerprint density at radius 2 is 2.24 bits per heavy atom. The van der Waals surface area contributed by atoms with E-state index in [0.29, 0.717) is 24.6 Å². The van der Waals surface area contributed by atoms with Crippen molar-refractivity contribution >= 4 is 11.5 Å². The molecule has 1 saturated heterocycles. The van der Waals surface area contributed by atoms with E-state index in [9.17, 15) is 4.79 Å². The van der Waals surface area contributed by atoms with Gasteiger partial charge in [-0.25, -0.2) is 19.3 Å². The first-order valence-corrected chi connectivity index (χ1v) is 7.20. The van der Waals surface area contributed by atoms with Crippen LogP contribution in [0.5, 0.6) is 0 Å². The normalized spacial score (nSPS) is 16.8. The average molecular weight is 292 g/mol. The Balaban J connectivity index is 1.75. The maximum Gasteiger partial charge on any atom is 0.349 e. The number of ether oxygens (including phenoxy) is 1. The van der Waals surface area contributed by atoms with Gasteiger partial charge in [-0.3, -0.25) is 0 Å². The van der Waals surface area contributed by atoms with E-state index in [4.69, 9.17) is 10.5 Å². The van der Waals surface area contributed by atoms with Crippen LogP contribution in [0.2, 0.25) is 0 Å². The summed E-state index contributed by atoms with van der Waals surface area (Å²) in [7, 11) is 0. The molecular formula is C13H20N6O2. The zero-order chi connectivity index (χ0) is 14.8. The van der Waals surface area contributed by atoms with Gasteiger partial charge in [-0.1, -0.05) is 0 Å². The predicted molar refractivity (Wildman–Crippen MR) is 78.6 cm³/mol. The van der Waals surface area contributed by atoms with Crippen LogP contribution in [0.1, 0.15) is 18.7 Å². The average Bonchev–Trinajstić information content (AvgIpc) is 2.87. The Bertz CT molecular complexity index is 671. The minimum absolute atomic E-state index is 0.254. The van der Waals surface area contributed by atoms with Crippen LogP contribution in [0.15, 0.2) is 10.9 Å². The van der Waals surface area contributed by atoms with E-state index in [1.54, 1.807) is 0 Å². The molecule has 3 heterocycles. The molecule has 1 aliphatic heterocycles. The smallest absolute Gasteiger partial charge is 0.349 e. The van der Waals surface area contributed by atoms with Gasteiger partial charge >= 0.3 is 5.69 Å². The lowest BCUT2D eigenvalue weighted by atomic mass is 10.1. The fourth-order valence-electron chi connectivity index (χ4n) is 2.73. The van der Waals surface area contributed by atoms with Crippen LogP contribution in [-0.2, 0) is 4.74 Å². The lowest BCUT2D eigenvalue weighted by molar-refractivity contribution is 0.0421. The van der Waals surface area contributed by atoms with Crippen LogP contribution in [-0.4, -0.2) is 51.9 Å². The molecule has 0 radical (unpaired) electrons. The number of hydrogen-bond donors (Lipinski definition) is 2. The maximum absolute atomic E-state index is 11.6. The minimum atomic E-state index is -0.254. The summed E-state index contributed by atoms with van der Waals surface area (Å²) in [4.78, 5) is 18.3. The lowest BCUT2D eigenvalue weighted by Gasteiger charge is -2.32. The lowest BCUT2D eigenvalue weighted by Crippen LogP contribution is -2.38. The molecule has 0 atom stereocenters. The van der Waals surface area contributed by atoms with E-state index >= 15 is 0 Å². The molecule has 8 nitrogen and oxygen atoms in total. The monoisotopic (exact) mass is 292 g/mol. The van der Waals surface area contributed by atoms with Crippen molar-refractivity contribution in [1.82, 2.24) is 19.6 Å². The van der Waals surface area contributed by atoms with Crippen LogP contribution in [0, 0.1) is 6.92 Å². The predicted octanol–water partition coefficient (Wildman–Crippen LogP) is -0.330. The van der Waals surface area contributed by atoms with Crippen LogP contribution in [0.25, 0.3) is 5.65 Å². The molecule has 21 heavy (non-hydrogen) atoms. The summed E-state index contributed by atoms with van der Waals surface area (Å²) >= 11 is 0. The second-order valence-corrected chi connectivity index (χ2v) is 5.23. The maximum atomic E-state index is 11.6. The Labute approximate surface area is 121 Å². The topological polar surface area (TPSA) is 102 Å². The molecule has 0 aliphatic carbocycles. The van der Waals surface area contributed by atoms with Gasteiger partial charge in [0.2, 0.25) is 0 Å². The largest absolute Gasteiger partial charge is 0.377 e. The van der Waals surface area contributed by atoms with Crippen molar-refractivity contribution in [1.29, 1.82) is 0 Å². The van der Waals surface area contributed by atoms with Gasteiger partial charge in [0.1, 0.15) is 11.6 Å². The molecule has 114 valence electrons. The highest BCUT2D eigenvalue weighted by molar-refractivity contribution is 5.51. The molecule has 0 aromatic carbocycles. The number of H-pyrrole nitrogens is 1. The number of aromatic amines is 1. The molecule has 0 unspecified atom stereocenters. The van der Waals surface area contributed by atoms with Gasteiger partial charge in [-0.05, 0) is 19.8 Å². The number of aromatic nitrogens is 4. The number of fused-ring (bicyclic) bond motifs is 1. The molecule has 0 saturated carbocycles. The minimum Gasteiger partial charge on any atom is -0.377 e. The second-order valence-electron chi connectivity index (χ2n) is 5.23. The van der Waals surface area contributed by atoms with Crippen molar-refractivity contribution in [3.05, 3.63) is 22.4 Å². The third-order valence-corrected chi connectivity index (χ3v) is 3.79.